The van der Waals surface area contributed by atoms with Gasteiger partial charge >= 0.3 is 0 Å². The quantitative estimate of drug-likeness (QED) is 0.423. The van der Waals surface area contributed by atoms with Gasteiger partial charge in [-0.3, -0.25) is 4.99 Å². The Morgan fingerprint density at radius 2 is 2.38 bits per heavy atom. The minimum absolute atomic E-state index is 0.0253. The summed E-state index contributed by atoms with van der Waals surface area (Å²) >= 11 is 0. The fraction of sp³-hybridized carbons (Fsp3) is 0.167. The summed E-state index contributed by atoms with van der Waals surface area (Å²) in [7, 11) is 0. The van der Waals surface area contributed by atoms with Crippen molar-refractivity contribution < 1.29 is 5.11 Å². The summed E-state index contributed by atoms with van der Waals surface area (Å²) in [5, 5.41) is 8.43. The fourth-order valence-electron chi connectivity index (χ4n) is 0.275. The second kappa shape index (κ2) is 4.27. The van der Waals surface area contributed by atoms with Gasteiger partial charge in [0, 0.05) is 6.20 Å². The molecule has 0 aromatic carbocycles. The van der Waals surface area contributed by atoms with E-state index in [0.29, 0.717) is 5.57 Å². The van der Waals surface area contributed by atoms with Gasteiger partial charge in [0.15, 0.2) is 0 Å². The van der Waals surface area contributed by atoms with E-state index in [-0.39, 0.29) is 6.61 Å². The molecular weight excluding hydrogens is 102 g/mol. The zero-order valence-corrected chi connectivity index (χ0v) is 4.67. The molecule has 0 aliphatic rings. The van der Waals surface area contributed by atoms with Gasteiger partial charge in [-0.2, -0.15) is 0 Å². The van der Waals surface area contributed by atoms with Crippen LogP contribution in [0.5, 0.6) is 0 Å². The standard InChI is InChI=1S/C6H9NO/c1-3-6(5-8)4-7-2/h3-4,8H,1-2,5H2. The largest absolute Gasteiger partial charge is 0.392 e. The van der Waals surface area contributed by atoms with Gasteiger partial charge in [0.25, 0.3) is 0 Å². The van der Waals surface area contributed by atoms with Crippen LogP contribution in [0.2, 0.25) is 0 Å². The lowest BCUT2D eigenvalue weighted by atomic mass is 10.3. The Bertz CT molecular complexity index is 116. The van der Waals surface area contributed by atoms with Crippen LogP contribution >= 0.6 is 0 Å². The van der Waals surface area contributed by atoms with E-state index < -0.39 is 0 Å². The predicted octanol–water partition coefficient (Wildman–Crippen LogP) is 0.749. The first kappa shape index (κ1) is 7.11. The summed E-state index contributed by atoms with van der Waals surface area (Å²) in [6, 6.07) is 0. The van der Waals surface area contributed by atoms with Gasteiger partial charge in [-0.1, -0.05) is 12.7 Å². The zero-order chi connectivity index (χ0) is 6.41. The number of aliphatic imine (C=N–C) groups is 1. The van der Waals surface area contributed by atoms with E-state index in [1.807, 2.05) is 0 Å². The monoisotopic (exact) mass is 111 g/mol. The lowest BCUT2D eigenvalue weighted by Gasteiger charge is -1.87. The molecule has 0 aliphatic carbocycles. The molecule has 8 heavy (non-hydrogen) atoms. The van der Waals surface area contributed by atoms with Crippen molar-refractivity contribution in [1.29, 1.82) is 0 Å². The van der Waals surface area contributed by atoms with Crippen LogP contribution < -0.4 is 0 Å². The number of nitrogens with zero attached hydrogens (tertiary/aromatic N) is 1. The summed E-state index contributed by atoms with van der Waals surface area (Å²) in [6.07, 6.45) is 3.00. The van der Waals surface area contributed by atoms with E-state index >= 15 is 0 Å². The van der Waals surface area contributed by atoms with E-state index in [2.05, 4.69) is 18.3 Å². The summed E-state index contributed by atoms with van der Waals surface area (Å²) < 4.78 is 0. The van der Waals surface area contributed by atoms with Crippen LogP contribution in [-0.4, -0.2) is 18.4 Å². The molecule has 0 saturated heterocycles. The lowest BCUT2D eigenvalue weighted by Crippen LogP contribution is -1.82. The first-order valence-electron chi connectivity index (χ1n) is 2.23. The fourth-order valence-corrected chi connectivity index (χ4v) is 0.275. The molecule has 2 heteroatoms. The Hall–Kier alpha value is -0.890. The van der Waals surface area contributed by atoms with Gasteiger partial charge in [-0.05, 0) is 12.3 Å². The molecule has 2 nitrogen and oxygen atoms in total. The second-order valence-electron chi connectivity index (χ2n) is 1.25. The average molecular weight is 111 g/mol. The summed E-state index contributed by atoms with van der Waals surface area (Å²) in [4.78, 5) is 3.43. The smallest absolute Gasteiger partial charge is 0.0696 e. The number of aliphatic hydroxyl groups is 1. The minimum Gasteiger partial charge on any atom is -0.392 e. The highest BCUT2D eigenvalue weighted by Crippen LogP contribution is 1.91. The average Bonchev–Trinajstić information content (AvgIpc) is 1.83. The van der Waals surface area contributed by atoms with Crippen molar-refractivity contribution in [3.05, 3.63) is 24.4 Å². The third-order valence-electron chi connectivity index (χ3n) is 0.702. The third-order valence-corrected chi connectivity index (χ3v) is 0.702. The Kier molecular flexibility index (Phi) is 3.80. The maximum absolute atomic E-state index is 8.43. The molecule has 0 aromatic heterocycles. The lowest BCUT2D eigenvalue weighted by molar-refractivity contribution is 0.335. The van der Waals surface area contributed by atoms with Crippen molar-refractivity contribution in [2.45, 2.75) is 0 Å². The molecule has 0 spiro atoms. The van der Waals surface area contributed by atoms with Crippen LogP contribution in [0.3, 0.4) is 0 Å². The highest BCUT2D eigenvalue weighted by Gasteiger charge is 1.81. The molecule has 0 unspecified atom stereocenters. The van der Waals surface area contributed by atoms with Gasteiger partial charge in [-0.15, -0.1) is 0 Å². The zero-order valence-electron chi connectivity index (χ0n) is 4.67. The van der Waals surface area contributed by atoms with Crippen molar-refractivity contribution in [2.75, 3.05) is 6.61 Å². The summed E-state index contributed by atoms with van der Waals surface area (Å²) in [6.45, 7) is 6.62. The summed E-state index contributed by atoms with van der Waals surface area (Å²) in [5.74, 6) is 0. The molecule has 0 amide bonds. The molecule has 44 valence electrons. The number of rotatable bonds is 3. The second-order valence-corrected chi connectivity index (χ2v) is 1.25. The van der Waals surface area contributed by atoms with Crippen LogP contribution in [0.15, 0.2) is 29.4 Å². The molecule has 0 atom stereocenters. The number of hydrogen-bond donors (Lipinski definition) is 1. The highest BCUT2D eigenvalue weighted by molar-refractivity contribution is 5.28. The Morgan fingerprint density at radius 1 is 1.75 bits per heavy atom. The Morgan fingerprint density at radius 3 is 2.50 bits per heavy atom. The molecule has 1 N–H and O–H groups in total. The van der Waals surface area contributed by atoms with Gasteiger partial charge in [0.05, 0.1) is 6.61 Å². The molecular formula is C6H9NO. The van der Waals surface area contributed by atoms with E-state index in [0.717, 1.165) is 0 Å². The molecule has 0 heterocycles. The maximum atomic E-state index is 8.43. The van der Waals surface area contributed by atoms with Crippen LogP contribution in [0, 0.1) is 0 Å². The van der Waals surface area contributed by atoms with Gasteiger partial charge in [-0.25, -0.2) is 0 Å². The first-order valence-corrected chi connectivity index (χ1v) is 2.23. The predicted molar refractivity (Wildman–Crippen MR) is 34.9 cm³/mol. The van der Waals surface area contributed by atoms with Gasteiger partial charge in [0.1, 0.15) is 0 Å². The molecule has 0 rings (SSSR count). The summed E-state index contributed by atoms with van der Waals surface area (Å²) in [5.41, 5.74) is 0.681. The Balaban J connectivity index is 3.84. The van der Waals surface area contributed by atoms with Crippen molar-refractivity contribution in [3.63, 3.8) is 0 Å². The van der Waals surface area contributed by atoms with Crippen molar-refractivity contribution >= 4 is 6.72 Å². The van der Waals surface area contributed by atoms with E-state index in [1.165, 1.54) is 12.3 Å². The molecule has 0 aliphatic heterocycles. The number of hydrogen-bond acceptors (Lipinski definition) is 2. The molecule has 0 bridgehead atoms. The molecule has 0 aromatic rings. The van der Waals surface area contributed by atoms with Crippen molar-refractivity contribution in [3.8, 4) is 0 Å². The Labute approximate surface area is 48.9 Å². The minimum atomic E-state index is -0.0253. The topological polar surface area (TPSA) is 32.6 Å². The van der Waals surface area contributed by atoms with Crippen molar-refractivity contribution in [1.82, 2.24) is 0 Å². The maximum Gasteiger partial charge on any atom is 0.0696 e. The van der Waals surface area contributed by atoms with Gasteiger partial charge < -0.3 is 5.11 Å². The first-order chi connectivity index (χ1) is 3.85. The molecule has 0 radical (unpaired) electrons. The van der Waals surface area contributed by atoms with Gasteiger partial charge in [0.2, 0.25) is 0 Å². The van der Waals surface area contributed by atoms with Crippen LogP contribution in [0.4, 0.5) is 0 Å². The van der Waals surface area contributed by atoms with Crippen LogP contribution in [-0.2, 0) is 0 Å². The molecule has 0 saturated carbocycles. The van der Waals surface area contributed by atoms with Crippen LogP contribution in [0.25, 0.3) is 0 Å². The SMILES string of the molecule is C=CC(=CN=C)CO. The van der Waals surface area contributed by atoms with E-state index in [4.69, 9.17) is 5.11 Å². The normalized spacial score (nSPS) is 10.9. The third kappa shape index (κ3) is 2.31. The molecule has 0 fully saturated rings. The van der Waals surface area contributed by atoms with E-state index in [1.54, 1.807) is 0 Å². The van der Waals surface area contributed by atoms with E-state index in [9.17, 15) is 0 Å². The van der Waals surface area contributed by atoms with Crippen LogP contribution in [0.1, 0.15) is 0 Å². The number of aliphatic hydroxyl groups excluding tert-OH is 1. The highest BCUT2D eigenvalue weighted by atomic mass is 16.3. The van der Waals surface area contributed by atoms with Crippen molar-refractivity contribution in [2.24, 2.45) is 4.99 Å².